The maximum atomic E-state index is 14.0. The number of allylic oxidation sites excluding steroid dienone is 1. The Balaban J connectivity index is 3.27. The first kappa shape index (κ1) is 23.1. The van der Waals surface area contributed by atoms with Crippen molar-refractivity contribution in [2.75, 3.05) is 20.2 Å². The molecule has 0 saturated carbocycles. The molecule has 1 aromatic carbocycles. The lowest BCUT2D eigenvalue weighted by Gasteiger charge is -2.17. The number of halogens is 4. The average molecular weight is 403 g/mol. The number of hydrogen-bond acceptors (Lipinski definition) is 5. The number of carbonyl (C=O) groups is 2. The van der Waals surface area contributed by atoms with E-state index in [9.17, 15) is 27.2 Å². The fraction of sp³-hybridized carbons (Fsp3) is 0.389. The Labute approximate surface area is 159 Å². The molecule has 0 saturated heterocycles. The van der Waals surface area contributed by atoms with Gasteiger partial charge in [-0.05, 0) is 24.6 Å². The molecule has 0 aliphatic rings. The van der Waals surface area contributed by atoms with Crippen LogP contribution in [-0.2, 0) is 9.53 Å². The summed E-state index contributed by atoms with van der Waals surface area (Å²) >= 11 is 0. The van der Waals surface area contributed by atoms with Gasteiger partial charge in [-0.15, -0.1) is 0 Å². The third-order valence-corrected chi connectivity index (χ3v) is 3.56. The summed E-state index contributed by atoms with van der Waals surface area (Å²) in [6, 6.07) is 2.80. The van der Waals surface area contributed by atoms with Crippen molar-refractivity contribution in [2.45, 2.75) is 25.9 Å². The van der Waals surface area contributed by atoms with E-state index in [1.807, 2.05) is 0 Å². The van der Waals surface area contributed by atoms with E-state index in [1.54, 1.807) is 6.92 Å². The zero-order valence-corrected chi connectivity index (χ0v) is 15.4. The SMILES string of the molecule is CCCN/C(=C(\C=N)C(F)(F)F)c1cc(F)cc(C(=O)NCCC(=O)OC)c1. The van der Waals surface area contributed by atoms with Gasteiger partial charge in [0.05, 0.1) is 24.8 Å². The van der Waals surface area contributed by atoms with Gasteiger partial charge < -0.3 is 20.8 Å². The van der Waals surface area contributed by atoms with Crippen LogP contribution in [0.15, 0.2) is 23.8 Å². The second kappa shape index (κ2) is 10.4. The summed E-state index contributed by atoms with van der Waals surface area (Å²) in [6.07, 6.45) is -4.32. The maximum Gasteiger partial charge on any atom is 0.419 e. The Morgan fingerprint density at radius 1 is 1.14 bits per heavy atom. The number of alkyl halides is 3. The molecule has 0 aromatic heterocycles. The number of methoxy groups -OCH3 is 1. The summed E-state index contributed by atoms with van der Waals surface area (Å²) in [5.74, 6) is -2.24. The van der Waals surface area contributed by atoms with E-state index >= 15 is 0 Å². The van der Waals surface area contributed by atoms with Crippen molar-refractivity contribution in [1.29, 1.82) is 5.41 Å². The fourth-order valence-electron chi connectivity index (χ4n) is 2.25. The van der Waals surface area contributed by atoms with Crippen LogP contribution in [0.5, 0.6) is 0 Å². The standard InChI is InChI=1S/C18H21F4N3O3/c1-3-5-24-16(14(10-23)18(20,21)22)11-7-12(9-13(19)8-11)17(27)25-6-4-15(26)28-2/h7-10,23-24H,3-6H2,1-2H3,(H,25,27)/b16-14+,23-10?. The lowest BCUT2D eigenvalue weighted by molar-refractivity contribution is -0.140. The number of amides is 1. The normalized spacial score (nSPS) is 12.1. The van der Waals surface area contributed by atoms with E-state index in [0.29, 0.717) is 6.42 Å². The van der Waals surface area contributed by atoms with Crippen LogP contribution in [0.2, 0.25) is 0 Å². The highest BCUT2D eigenvalue weighted by Gasteiger charge is 2.35. The molecule has 0 unspecified atom stereocenters. The van der Waals surface area contributed by atoms with Crippen LogP contribution in [0.1, 0.15) is 35.7 Å². The molecule has 3 N–H and O–H groups in total. The van der Waals surface area contributed by atoms with Gasteiger partial charge in [-0.25, -0.2) is 4.39 Å². The van der Waals surface area contributed by atoms with Crippen LogP contribution in [-0.4, -0.2) is 44.5 Å². The second-order valence-electron chi connectivity index (χ2n) is 5.67. The molecule has 0 radical (unpaired) electrons. The fourth-order valence-corrected chi connectivity index (χ4v) is 2.25. The smallest absolute Gasteiger partial charge is 0.419 e. The topological polar surface area (TPSA) is 91.3 Å². The number of nitrogens with one attached hydrogen (secondary N) is 3. The molecular formula is C18H21F4N3O3. The quantitative estimate of drug-likeness (QED) is 0.336. The zero-order chi connectivity index (χ0) is 21.3. The summed E-state index contributed by atoms with van der Waals surface area (Å²) in [5.41, 5.74) is -2.22. The van der Waals surface area contributed by atoms with Gasteiger partial charge in [0.1, 0.15) is 5.82 Å². The lowest BCUT2D eigenvalue weighted by atomic mass is 10.0. The van der Waals surface area contributed by atoms with Crippen molar-refractivity contribution >= 4 is 23.8 Å². The van der Waals surface area contributed by atoms with Gasteiger partial charge in [0, 0.05) is 30.4 Å². The predicted octanol–water partition coefficient (Wildman–Crippen LogP) is 3.04. The summed E-state index contributed by atoms with van der Waals surface area (Å²) in [7, 11) is 1.18. The summed E-state index contributed by atoms with van der Waals surface area (Å²) in [4.78, 5) is 23.2. The van der Waals surface area contributed by atoms with E-state index in [4.69, 9.17) is 5.41 Å². The Bertz CT molecular complexity index is 761. The van der Waals surface area contributed by atoms with Gasteiger partial charge in [-0.2, -0.15) is 13.2 Å². The second-order valence-corrected chi connectivity index (χ2v) is 5.67. The molecule has 0 aliphatic heterocycles. The van der Waals surface area contributed by atoms with Crippen LogP contribution in [0.3, 0.4) is 0 Å². The molecular weight excluding hydrogens is 382 g/mol. The van der Waals surface area contributed by atoms with E-state index in [1.165, 1.54) is 7.11 Å². The highest BCUT2D eigenvalue weighted by atomic mass is 19.4. The number of carbonyl (C=O) groups excluding carboxylic acids is 2. The first-order valence-corrected chi connectivity index (χ1v) is 8.35. The molecule has 1 rings (SSSR count). The Morgan fingerprint density at radius 2 is 1.79 bits per heavy atom. The van der Waals surface area contributed by atoms with Gasteiger partial charge in [0.15, 0.2) is 0 Å². The third-order valence-electron chi connectivity index (χ3n) is 3.56. The van der Waals surface area contributed by atoms with E-state index < -0.39 is 35.1 Å². The maximum absolute atomic E-state index is 14.0. The minimum atomic E-state index is -4.84. The van der Waals surface area contributed by atoms with Gasteiger partial charge in [0.2, 0.25) is 0 Å². The molecule has 1 amide bonds. The average Bonchev–Trinajstić information content (AvgIpc) is 2.63. The number of ether oxygens (including phenoxy) is 1. The predicted molar refractivity (Wildman–Crippen MR) is 95.4 cm³/mol. The molecule has 0 bridgehead atoms. The largest absolute Gasteiger partial charge is 0.469 e. The third kappa shape index (κ3) is 6.67. The molecule has 28 heavy (non-hydrogen) atoms. The summed E-state index contributed by atoms with van der Waals surface area (Å²) < 4.78 is 58.2. The summed E-state index contributed by atoms with van der Waals surface area (Å²) in [6.45, 7) is 1.80. The molecule has 0 fully saturated rings. The minimum Gasteiger partial charge on any atom is -0.469 e. The Morgan fingerprint density at radius 3 is 2.32 bits per heavy atom. The first-order chi connectivity index (χ1) is 13.1. The Kier molecular flexibility index (Phi) is 8.62. The van der Waals surface area contributed by atoms with Gasteiger partial charge in [0.25, 0.3) is 5.91 Å². The van der Waals surface area contributed by atoms with Crippen molar-refractivity contribution in [3.05, 3.63) is 40.7 Å². The van der Waals surface area contributed by atoms with E-state index in [-0.39, 0.29) is 36.9 Å². The first-order valence-electron chi connectivity index (χ1n) is 8.35. The van der Waals surface area contributed by atoms with E-state index in [0.717, 1.165) is 18.2 Å². The van der Waals surface area contributed by atoms with Crippen LogP contribution in [0, 0.1) is 11.2 Å². The van der Waals surface area contributed by atoms with Crippen molar-refractivity contribution < 1.29 is 31.9 Å². The van der Waals surface area contributed by atoms with Gasteiger partial charge >= 0.3 is 12.1 Å². The molecule has 1 aromatic rings. The molecule has 10 heteroatoms. The van der Waals surface area contributed by atoms with Crippen LogP contribution < -0.4 is 10.6 Å². The molecule has 0 heterocycles. The summed E-state index contributed by atoms with van der Waals surface area (Å²) in [5, 5.41) is 12.0. The highest BCUT2D eigenvalue weighted by Crippen LogP contribution is 2.30. The molecule has 0 spiro atoms. The van der Waals surface area contributed by atoms with Crippen LogP contribution in [0.4, 0.5) is 17.6 Å². The van der Waals surface area contributed by atoms with Crippen molar-refractivity contribution in [2.24, 2.45) is 0 Å². The number of rotatable bonds is 9. The minimum absolute atomic E-state index is 0.0809. The van der Waals surface area contributed by atoms with Crippen molar-refractivity contribution in [3.8, 4) is 0 Å². The molecule has 6 nitrogen and oxygen atoms in total. The number of hydrogen-bond donors (Lipinski definition) is 3. The van der Waals surface area contributed by atoms with Crippen LogP contribution >= 0.6 is 0 Å². The van der Waals surface area contributed by atoms with Crippen LogP contribution in [0.25, 0.3) is 5.70 Å². The number of esters is 1. The lowest BCUT2D eigenvalue weighted by Crippen LogP contribution is -2.27. The molecule has 0 atom stereocenters. The molecule has 0 aliphatic carbocycles. The van der Waals surface area contributed by atoms with Gasteiger partial charge in [-0.3, -0.25) is 9.59 Å². The highest BCUT2D eigenvalue weighted by molar-refractivity contribution is 5.96. The van der Waals surface area contributed by atoms with Crippen molar-refractivity contribution in [1.82, 2.24) is 10.6 Å². The molecule has 154 valence electrons. The van der Waals surface area contributed by atoms with Gasteiger partial charge in [-0.1, -0.05) is 6.92 Å². The zero-order valence-electron chi connectivity index (χ0n) is 15.4. The number of benzene rings is 1. The van der Waals surface area contributed by atoms with E-state index in [2.05, 4.69) is 15.4 Å². The monoisotopic (exact) mass is 403 g/mol. The van der Waals surface area contributed by atoms with Crippen molar-refractivity contribution in [3.63, 3.8) is 0 Å². The Hall–Kier alpha value is -2.91.